The Morgan fingerprint density at radius 2 is 1.84 bits per heavy atom. The lowest BCUT2D eigenvalue weighted by Crippen LogP contribution is -2.47. The molecule has 3 aliphatic heterocycles. The number of hydrogen-bond acceptors (Lipinski definition) is 11. The molecule has 0 spiro atoms. The number of aromatic nitrogens is 7. The van der Waals surface area contributed by atoms with E-state index in [9.17, 15) is 9.18 Å². The molecule has 0 unspecified atom stereocenters. The molecule has 14 nitrogen and oxygen atoms in total. The Morgan fingerprint density at radius 3 is 2.71 bits per heavy atom. The fourth-order valence-electron chi connectivity index (χ4n) is 7.78. The van der Waals surface area contributed by atoms with Crippen molar-refractivity contribution >= 4 is 39.6 Å². The van der Waals surface area contributed by atoms with E-state index < -0.39 is 23.8 Å². The molecule has 1 N–H and O–H groups in total. The number of carbonyl (C=O) groups is 1. The molecule has 0 aliphatic carbocycles. The van der Waals surface area contributed by atoms with Gasteiger partial charge in [-0.15, -0.1) is 0 Å². The molecule has 6 bridgehead atoms. The van der Waals surface area contributed by atoms with Gasteiger partial charge in [0.25, 0.3) is 0 Å². The Bertz CT molecular complexity index is 2480. The van der Waals surface area contributed by atoms with Crippen molar-refractivity contribution < 1.29 is 27.8 Å². The number of fused-ring (bicyclic) bond motifs is 8. The van der Waals surface area contributed by atoms with E-state index >= 15 is 4.39 Å². The summed E-state index contributed by atoms with van der Waals surface area (Å²) in [6.07, 6.45) is 5.27. The van der Waals surface area contributed by atoms with Crippen molar-refractivity contribution in [3.05, 3.63) is 90.2 Å². The molecular formula is C39H38F2N10O4. The molecule has 3 aliphatic rings. The summed E-state index contributed by atoms with van der Waals surface area (Å²) in [5.41, 5.74) is 3.40. The largest absolute Gasteiger partial charge is 0.487 e. The smallest absolute Gasteiger partial charge is 0.245 e. The van der Waals surface area contributed by atoms with Crippen LogP contribution in [0.2, 0.25) is 0 Å². The number of carbonyl (C=O) groups excluding carboxylic acids is 1. The summed E-state index contributed by atoms with van der Waals surface area (Å²) in [7, 11) is 3.39. The molecule has 0 saturated carbocycles. The van der Waals surface area contributed by atoms with Crippen LogP contribution >= 0.6 is 0 Å². The van der Waals surface area contributed by atoms with Gasteiger partial charge in [0, 0.05) is 51.0 Å². The molecule has 16 heteroatoms. The van der Waals surface area contributed by atoms with Gasteiger partial charge in [0.05, 0.1) is 47.6 Å². The number of aryl methyl sites for hydroxylation is 1. The standard InChI is InChI=1S/C39H38F2N10O4/c1-22-43-30-14-24(41)13-27-29-7-6-8-34(45-29)44-25-16-32(39(52)48(2)19-26(53-3)20-49(22)36(27)30)50(18-25)37-28-17-42-51-31-10-9-23(40)15-33(31)55-12-5-4-11-54-21-35(46-37)47-38(28)51/h4-10,13-15,17,25-26,32H,11-12,16,18-21H2,1-3H3,(H,44,45)/b5-4-/t25-,26-,32-/m0/s1. The van der Waals surface area contributed by atoms with Gasteiger partial charge in [0.2, 0.25) is 5.91 Å². The zero-order valence-corrected chi connectivity index (χ0v) is 30.4. The molecule has 1 amide bonds. The fourth-order valence-corrected chi connectivity index (χ4v) is 7.78. The lowest BCUT2D eigenvalue weighted by Gasteiger charge is -2.31. The van der Waals surface area contributed by atoms with Crippen LogP contribution in [0.4, 0.5) is 20.4 Å². The van der Waals surface area contributed by atoms with Gasteiger partial charge in [-0.3, -0.25) is 4.79 Å². The summed E-state index contributed by atoms with van der Waals surface area (Å²) in [5.74, 6) is 1.47. The van der Waals surface area contributed by atoms with Crippen LogP contribution < -0.4 is 15.0 Å². The van der Waals surface area contributed by atoms with Crippen molar-refractivity contribution in [3.63, 3.8) is 0 Å². The molecule has 6 aromatic rings. The third kappa shape index (κ3) is 6.40. The van der Waals surface area contributed by atoms with Crippen molar-refractivity contribution in [2.24, 2.45) is 0 Å². The predicted octanol–water partition coefficient (Wildman–Crippen LogP) is 4.83. The number of anilines is 2. The first kappa shape index (κ1) is 34.7. The molecule has 3 atom stereocenters. The number of imidazole rings is 1. The number of benzene rings is 2. The van der Waals surface area contributed by atoms with Gasteiger partial charge in [-0.25, -0.2) is 33.4 Å². The summed E-state index contributed by atoms with van der Waals surface area (Å²) in [5, 5.41) is 8.84. The third-order valence-electron chi connectivity index (χ3n) is 10.4. The lowest BCUT2D eigenvalue weighted by molar-refractivity contribution is -0.132. The van der Waals surface area contributed by atoms with Crippen molar-refractivity contribution in [2.75, 3.05) is 50.7 Å². The van der Waals surface area contributed by atoms with Crippen LogP contribution in [0.25, 0.3) is 39.0 Å². The topological polar surface area (TPSA) is 138 Å². The van der Waals surface area contributed by atoms with Gasteiger partial charge in [-0.1, -0.05) is 12.1 Å². The molecule has 7 heterocycles. The van der Waals surface area contributed by atoms with Crippen LogP contribution in [0.5, 0.6) is 5.75 Å². The zero-order valence-electron chi connectivity index (χ0n) is 30.4. The van der Waals surface area contributed by atoms with Gasteiger partial charge in [-0.05, 0) is 49.8 Å². The minimum absolute atomic E-state index is 0.0961. The Balaban J connectivity index is 1.16. The summed E-state index contributed by atoms with van der Waals surface area (Å²) >= 11 is 0. The zero-order chi connectivity index (χ0) is 37.8. The average Bonchev–Trinajstić information content (AvgIpc) is 3.87. The minimum Gasteiger partial charge on any atom is -0.487 e. The van der Waals surface area contributed by atoms with Crippen LogP contribution in [-0.2, 0) is 27.4 Å². The van der Waals surface area contributed by atoms with E-state index in [1.54, 1.807) is 42.1 Å². The quantitative estimate of drug-likeness (QED) is 0.244. The van der Waals surface area contributed by atoms with E-state index in [0.717, 1.165) is 5.52 Å². The molecule has 9 rings (SSSR count). The Hall–Kier alpha value is -6.00. The van der Waals surface area contributed by atoms with Crippen LogP contribution in [0.15, 0.2) is 66.9 Å². The second kappa shape index (κ2) is 14.0. The number of halogens is 2. The number of pyridine rings is 1. The molecule has 282 valence electrons. The highest BCUT2D eigenvalue weighted by Gasteiger charge is 2.41. The predicted molar refractivity (Wildman–Crippen MR) is 200 cm³/mol. The third-order valence-corrected chi connectivity index (χ3v) is 10.4. The highest BCUT2D eigenvalue weighted by atomic mass is 19.1. The van der Waals surface area contributed by atoms with Crippen molar-refractivity contribution in [1.29, 1.82) is 0 Å². The minimum atomic E-state index is -0.647. The normalized spacial score (nSPS) is 20.9. The van der Waals surface area contributed by atoms with Crippen LogP contribution in [0.1, 0.15) is 18.1 Å². The Kier molecular flexibility index (Phi) is 8.85. The molecular weight excluding hydrogens is 710 g/mol. The van der Waals surface area contributed by atoms with E-state index in [4.69, 9.17) is 29.2 Å². The van der Waals surface area contributed by atoms with Crippen molar-refractivity contribution in [2.45, 2.75) is 44.7 Å². The lowest BCUT2D eigenvalue weighted by atomic mass is 10.1. The maximum atomic E-state index is 15.1. The van der Waals surface area contributed by atoms with Crippen molar-refractivity contribution in [3.8, 4) is 22.7 Å². The SMILES string of the molecule is CO[C@H]1CN(C)C(=O)[C@@H]2C[C@@H](CN2c2nc3nc4c2cnn4-c2ccc(F)cc2OC/C=C\COC3)Nc2cccc(n2)-c2cc(F)cc3nc(C)n(c23)C1. The molecule has 1 fully saturated rings. The van der Waals surface area contributed by atoms with Crippen LogP contribution in [0, 0.1) is 18.6 Å². The summed E-state index contributed by atoms with van der Waals surface area (Å²) in [6.45, 7) is 3.47. The second-order valence-electron chi connectivity index (χ2n) is 14.0. The Labute approximate surface area is 314 Å². The van der Waals surface area contributed by atoms with Gasteiger partial charge >= 0.3 is 0 Å². The highest BCUT2D eigenvalue weighted by Crippen LogP contribution is 2.36. The summed E-state index contributed by atoms with van der Waals surface area (Å²) < 4.78 is 51.0. The van der Waals surface area contributed by atoms with E-state index in [0.29, 0.717) is 82.0 Å². The van der Waals surface area contributed by atoms with Gasteiger partial charge < -0.3 is 33.9 Å². The van der Waals surface area contributed by atoms with E-state index in [1.807, 2.05) is 40.7 Å². The second-order valence-corrected chi connectivity index (χ2v) is 14.0. The number of nitrogens with zero attached hydrogens (tertiary/aromatic N) is 9. The first-order chi connectivity index (χ1) is 26.7. The molecule has 1 saturated heterocycles. The number of nitrogens with one attached hydrogen (secondary N) is 1. The van der Waals surface area contributed by atoms with Gasteiger partial charge in [0.15, 0.2) is 11.5 Å². The molecule has 0 radical (unpaired) electrons. The van der Waals surface area contributed by atoms with Gasteiger partial charge in [0.1, 0.15) is 59.8 Å². The van der Waals surface area contributed by atoms with Gasteiger partial charge in [-0.2, -0.15) is 5.10 Å². The van der Waals surface area contributed by atoms with Crippen LogP contribution in [-0.4, -0.2) is 104 Å². The average molecular weight is 749 g/mol. The number of rotatable bonds is 2. The van der Waals surface area contributed by atoms with Crippen molar-refractivity contribution in [1.82, 2.24) is 39.2 Å². The number of hydrogen-bond donors (Lipinski definition) is 1. The maximum absolute atomic E-state index is 15.1. The monoisotopic (exact) mass is 748 g/mol. The number of likely N-dealkylation sites (N-methyl/N-ethyl adjacent to an activating group) is 1. The summed E-state index contributed by atoms with van der Waals surface area (Å²) in [6, 6.07) is 11.9. The number of methoxy groups -OCH3 is 1. The van der Waals surface area contributed by atoms with E-state index in [-0.39, 0.29) is 38.3 Å². The first-order valence-corrected chi connectivity index (χ1v) is 18.1. The molecule has 55 heavy (non-hydrogen) atoms. The van der Waals surface area contributed by atoms with E-state index in [2.05, 4.69) is 15.4 Å². The maximum Gasteiger partial charge on any atom is 0.245 e. The summed E-state index contributed by atoms with van der Waals surface area (Å²) in [4.78, 5) is 37.8. The van der Waals surface area contributed by atoms with E-state index in [1.165, 1.54) is 24.3 Å². The first-order valence-electron chi connectivity index (χ1n) is 18.1. The number of amides is 1. The highest BCUT2D eigenvalue weighted by molar-refractivity contribution is 5.94. The molecule has 2 aromatic carbocycles. The Morgan fingerprint density at radius 1 is 0.964 bits per heavy atom. The molecule has 4 aromatic heterocycles. The fraction of sp³-hybridized carbons (Fsp3) is 0.333. The number of ether oxygens (including phenoxy) is 3. The van der Waals surface area contributed by atoms with Crippen LogP contribution in [0.3, 0.4) is 0 Å².